The number of rotatable bonds is 9. The van der Waals surface area contributed by atoms with E-state index in [9.17, 15) is 4.79 Å². The van der Waals surface area contributed by atoms with E-state index in [1.54, 1.807) is 6.07 Å². The number of unbranched alkanes of at least 4 members (excludes halogenated alkanes) is 1. The van der Waals surface area contributed by atoms with Gasteiger partial charge in [-0.3, -0.25) is 4.79 Å². The first-order chi connectivity index (χ1) is 9.71. The Labute approximate surface area is 121 Å². The molecule has 1 rings (SSSR count). The molecular formula is C15H26N4O. The highest BCUT2D eigenvalue weighted by atomic mass is 16.1. The number of anilines is 1. The van der Waals surface area contributed by atoms with E-state index in [2.05, 4.69) is 34.7 Å². The molecule has 5 heteroatoms. The van der Waals surface area contributed by atoms with Crippen LogP contribution in [0.2, 0.25) is 0 Å². The Morgan fingerprint density at radius 1 is 1.25 bits per heavy atom. The number of nitrogens with zero attached hydrogens (tertiary/aromatic N) is 2. The van der Waals surface area contributed by atoms with Crippen LogP contribution in [0.15, 0.2) is 12.1 Å². The largest absolute Gasteiger partial charge is 0.368 e. The monoisotopic (exact) mass is 278 g/mol. The van der Waals surface area contributed by atoms with Crippen molar-refractivity contribution in [2.75, 3.05) is 18.4 Å². The Bertz CT molecular complexity index is 391. The maximum atomic E-state index is 11.6. The molecule has 0 aromatic carbocycles. The summed E-state index contributed by atoms with van der Waals surface area (Å²) in [5, 5.41) is 14.0. The molecule has 5 nitrogen and oxygen atoms in total. The van der Waals surface area contributed by atoms with Crippen molar-refractivity contribution in [2.45, 2.75) is 46.5 Å². The Balaban J connectivity index is 2.46. The summed E-state index contributed by atoms with van der Waals surface area (Å²) in [6, 6.07) is 3.51. The maximum absolute atomic E-state index is 11.6. The van der Waals surface area contributed by atoms with Gasteiger partial charge in [0.25, 0.3) is 5.91 Å². The molecule has 0 radical (unpaired) electrons. The topological polar surface area (TPSA) is 66.9 Å². The molecule has 0 fully saturated rings. The van der Waals surface area contributed by atoms with E-state index in [1.165, 1.54) is 19.3 Å². The third kappa shape index (κ3) is 5.55. The van der Waals surface area contributed by atoms with E-state index >= 15 is 0 Å². The molecule has 0 aliphatic heterocycles. The van der Waals surface area contributed by atoms with E-state index in [0.29, 0.717) is 18.2 Å². The summed E-state index contributed by atoms with van der Waals surface area (Å²) in [6.07, 6.45) is 4.90. The zero-order valence-corrected chi connectivity index (χ0v) is 12.8. The lowest BCUT2D eigenvalue weighted by atomic mass is 9.99. The molecule has 0 bridgehead atoms. The number of hydrogen-bond acceptors (Lipinski definition) is 4. The molecule has 20 heavy (non-hydrogen) atoms. The average Bonchev–Trinajstić information content (AvgIpc) is 2.48. The molecule has 1 aromatic heterocycles. The quantitative estimate of drug-likeness (QED) is 0.729. The highest BCUT2D eigenvalue weighted by Gasteiger charge is 2.08. The SMILES string of the molecule is CCCCC(CC)CNc1ccc(C(=O)NCC)nn1. The molecule has 0 spiro atoms. The Morgan fingerprint density at radius 3 is 2.60 bits per heavy atom. The van der Waals surface area contributed by atoms with Gasteiger partial charge in [-0.15, -0.1) is 10.2 Å². The third-order valence-corrected chi connectivity index (χ3v) is 3.35. The lowest BCUT2D eigenvalue weighted by molar-refractivity contribution is 0.0950. The smallest absolute Gasteiger partial charge is 0.271 e. The maximum Gasteiger partial charge on any atom is 0.271 e. The number of nitrogens with one attached hydrogen (secondary N) is 2. The van der Waals surface area contributed by atoms with Gasteiger partial charge in [0, 0.05) is 13.1 Å². The molecule has 1 aromatic rings. The van der Waals surface area contributed by atoms with Crippen molar-refractivity contribution in [3.05, 3.63) is 17.8 Å². The van der Waals surface area contributed by atoms with Crippen molar-refractivity contribution in [2.24, 2.45) is 5.92 Å². The van der Waals surface area contributed by atoms with Crippen LogP contribution in [0.5, 0.6) is 0 Å². The van der Waals surface area contributed by atoms with Gasteiger partial charge in [0.05, 0.1) is 0 Å². The third-order valence-electron chi connectivity index (χ3n) is 3.35. The first kappa shape index (κ1) is 16.4. The number of carbonyl (C=O) groups is 1. The first-order valence-corrected chi connectivity index (χ1v) is 7.57. The fraction of sp³-hybridized carbons (Fsp3) is 0.667. The highest BCUT2D eigenvalue weighted by molar-refractivity contribution is 5.92. The molecule has 0 aliphatic rings. The predicted octanol–water partition coefficient (Wildman–Crippen LogP) is 2.85. The van der Waals surface area contributed by atoms with E-state index in [1.807, 2.05) is 13.0 Å². The van der Waals surface area contributed by atoms with Crippen molar-refractivity contribution in [3.8, 4) is 0 Å². The summed E-state index contributed by atoms with van der Waals surface area (Å²) in [7, 11) is 0. The van der Waals surface area contributed by atoms with E-state index in [0.717, 1.165) is 18.8 Å². The van der Waals surface area contributed by atoms with Gasteiger partial charge in [0.1, 0.15) is 5.82 Å². The number of amides is 1. The molecule has 2 N–H and O–H groups in total. The van der Waals surface area contributed by atoms with Crippen molar-refractivity contribution >= 4 is 11.7 Å². The Morgan fingerprint density at radius 2 is 2.05 bits per heavy atom. The second kappa shape index (κ2) is 9.28. The van der Waals surface area contributed by atoms with Crippen LogP contribution in [0.25, 0.3) is 0 Å². The number of carbonyl (C=O) groups excluding carboxylic acids is 1. The second-order valence-electron chi connectivity index (χ2n) is 4.96. The van der Waals surface area contributed by atoms with Crippen molar-refractivity contribution in [1.29, 1.82) is 0 Å². The zero-order chi connectivity index (χ0) is 14.8. The van der Waals surface area contributed by atoms with Crippen LogP contribution < -0.4 is 10.6 Å². The fourth-order valence-electron chi connectivity index (χ4n) is 1.99. The average molecular weight is 278 g/mol. The van der Waals surface area contributed by atoms with Gasteiger partial charge in [0.2, 0.25) is 0 Å². The summed E-state index contributed by atoms with van der Waals surface area (Å²) < 4.78 is 0. The van der Waals surface area contributed by atoms with Gasteiger partial charge < -0.3 is 10.6 Å². The Hall–Kier alpha value is -1.65. The standard InChI is InChI=1S/C15H26N4O/c1-4-7-8-12(5-2)11-17-14-10-9-13(18-19-14)15(20)16-6-3/h9-10,12H,4-8,11H2,1-3H3,(H,16,20)(H,17,19). The summed E-state index contributed by atoms with van der Waals surface area (Å²) in [6.45, 7) is 7.81. The Kier molecular flexibility index (Phi) is 7.62. The lowest BCUT2D eigenvalue weighted by Crippen LogP contribution is -2.24. The van der Waals surface area contributed by atoms with Gasteiger partial charge in [-0.1, -0.05) is 33.1 Å². The summed E-state index contributed by atoms with van der Waals surface area (Å²) in [5.41, 5.74) is 0.357. The van der Waals surface area contributed by atoms with E-state index in [-0.39, 0.29) is 5.91 Å². The van der Waals surface area contributed by atoms with Crippen LogP contribution in [0.1, 0.15) is 56.9 Å². The minimum atomic E-state index is -0.180. The molecule has 1 amide bonds. The van der Waals surface area contributed by atoms with Crippen molar-refractivity contribution in [1.82, 2.24) is 15.5 Å². The molecule has 0 aliphatic carbocycles. The van der Waals surface area contributed by atoms with Gasteiger partial charge in [0.15, 0.2) is 5.69 Å². The second-order valence-corrected chi connectivity index (χ2v) is 4.96. The zero-order valence-electron chi connectivity index (χ0n) is 12.8. The van der Waals surface area contributed by atoms with Gasteiger partial charge in [-0.2, -0.15) is 0 Å². The van der Waals surface area contributed by atoms with Crippen LogP contribution in [-0.2, 0) is 0 Å². The van der Waals surface area contributed by atoms with Crippen LogP contribution in [-0.4, -0.2) is 29.2 Å². The summed E-state index contributed by atoms with van der Waals surface area (Å²) in [5.74, 6) is 1.22. The number of aromatic nitrogens is 2. The predicted molar refractivity (Wildman–Crippen MR) is 81.8 cm³/mol. The van der Waals surface area contributed by atoms with Crippen LogP contribution >= 0.6 is 0 Å². The van der Waals surface area contributed by atoms with Crippen molar-refractivity contribution < 1.29 is 4.79 Å². The minimum Gasteiger partial charge on any atom is -0.368 e. The van der Waals surface area contributed by atoms with E-state index < -0.39 is 0 Å². The first-order valence-electron chi connectivity index (χ1n) is 7.57. The van der Waals surface area contributed by atoms with E-state index in [4.69, 9.17) is 0 Å². The summed E-state index contributed by atoms with van der Waals surface area (Å²) in [4.78, 5) is 11.6. The highest BCUT2D eigenvalue weighted by Crippen LogP contribution is 2.13. The fourth-order valence-corrected chi connectivity index (χ4v) is 1.99. The molecule has 1 unspecified atom stereocenters. The van der Waals surface area contributed by atoms with Gasteiger partial charge in [-0.25, -0.2) is 0 Å². The van der Waals surface area contributed by atoms with Gasteiger partial charge >= 0.3 is 0 Å². The van der Waals surface area contributed by atoms with Gasteiger partial charge in [-0.05, 0) is 31.4 Å². The minimum absolute atomic E-state index is 0.180. The molecule has 1 heterocycles. The molecular weight excluding hydrogens is 252 g/mol. The normalized spacial score (nSPS) is 11.9. The molecule has 0 saturated heterocycles. The molecule has 0 saturated carbocycles. The molecule has 1 atom stereocenters. The van der Waals surface area contributed by atoms with Crippen LogP contribution in [0.3, 0.4) is 0 Å². The molecule has 112 valence electrons. The lowest BCUT2D eigenvalue weighted by Gasteiger charge is -2.15. The summed E-state index contributed by atoms with van der Waals surface area (Å²) >= 11 is 0. The number of hydrogen-bond donors (Lipinski definition) is 2. The van der Waals surface area contributed by atoms with Crippen LogP contribution in [0.4, 0.5) is 5.82 Å². The van der Waals surface area contributed by atoms with Crippen LogP contribution in [0, 0.1) is 5.92 Å². The van der Waals surface area contributed by atoms with Crippen molar-refractivity contribution in [3.63, 3.8) is 0 Å².